The van der Waals surface area contributed by atoms with Gasteiger partial charge in [-0.3, -0.25) is 14.4 Å². The Morgan fingerprint density at radius 2 is 1.77 bits per heavy atom. The number of thiophene rings is 2. The second-order valence-corrected chi connectivity index (χ2v) is 16.2. The molecule has 1 unspecified atom stereocenters. The first-order valence-electron chi connectivity index (χ1n) is 17.1. The van der Waals surface area contributed by atoms with Gasteiger partial charge < -0.3 is 30.3 Å². The normalized spacial score (nSPS) is 13.4. The zero-order chi connectivity index (χ0) is 38.1. The SMILES string of the molecule is CCOC(=O)c1c(NC(=O)C(CC)Sc2cccc(NC(=O)/C(=C/c3ccsc3)NC(=O)c3ccccc3)c2)sc2c1CCN(C(=O)OC(C)(C)C)C2. The molecule has 0 bridgehead atoms. The molecule has 0 saturated carbocycles. The summed E-state index contributed by atoms with van der Waals surface area (Å²) in [5.41, 5.74) is 2.17. The highest BCUT2D eigenvalue weighted by atomic mass is 32.2. The molecule has 5 rings (SSSR count). The number of hydrogen-bond donors (Lipinski definition) is 3. The van der Waals surface area contributed by atoms with Crippen molar-refractivity contribution in [2.45, 2.75) is 69.8 Å². The minimum absolute atomic E-state index is 0.0754. The monoisotopic (exact) mass is 774 g/mol. The van der Waals surface area contributed by atoms with E-state index in [4.69, 9.17) is 9.47 Å². The van der Waals surface area contributed by atoms with Crippen molar-refractivity contribution >= 4 is 81.0 Å². The molecule has 0 radical (unpaired) electrons. The van der Waals surface area contributed by atoms with Gasteiger partial charge in [0.2, 0.25) is 5.91 Å². The van der Waals surface area contributed by atoms with Crippen molar-refractivity contribution in [1.82, 2.24) is 10.2 Å². The van der Waals surface area contributed by atoms with Gasteiger partial charge >= 0.3 is 12.1 Å². The predicted molar refractivity (Wildman–Crippen MR) is 210 cm³/mol. The maximum atomic E-state index is 13.8. The molecule has 4 aromatic rings. The minimum atomic E-state index is -0.649. The number of rotatable bonds is 12. The van der Waals surface area contributed by atoms with Crippen LogP contribution in [0.1, 0.15) is 77.8 Å². The van der Waals surface area contributed by atoms with Gasteiger partial charge in [0.25, 0.3) is 11.8 Å². The van der Waals surface area contributed by atoms with Crippen LogP contribution in [-0.4, -0.2) is 58.7 Å². The number of esters is 1. The van der Waals surface area contributed by atoms with E-state index in [-0.39, 0.29) is 24.8 Å². The number of amides is 4. The van der Waals surface area contributed by atoms with Crippen LogP contribution in [0.25, 0.3) is 6.08 Å². The quantitative estimate of drug-likeness (QED) is 0.0743. The Hall–Kier alpha value is -4.92. The van der Waals surface area contributed by atoms with E-state index in [1.807, 2.05) is 50.6 Å². The summed E-state index contributed by atoms with van der Waals surface area (Å²) in [7, 11) is 0. The molecule has 3 heterocycles. The minimum Gasteiger partial charge on any atom is -0.462 e. The summed E-state index contributed by atoms with van der Waals surface area (Å²) >= 11 is 4.05. The summed E-state index contributed by atoms with van der Waals surface area (Å²) in [4.78, 5) is 69.3. The number of carbonyl (C=O) groups is 5. The Morgan fingerprint density at radius 3 is 2.45 bits per heavy atom. The fourth-order valence-electron chi connectivity index (χ4n) is 5.38. The van der Waals surface area contributed by atoms with Crippen LogP contribution in [0.5, 0.6) is 0 Å². The lowest BCUT2D eigenvalue weighted by molar-refractivity contribution is -0.116. The molecule has 4 amide bonds. The van der Waals surface area contributed by atoms with E-state index in [9.17, 15) is 24.0 Å². The third-order valence-corrected chi connectivity index (χ3v) is 11.0. The molecule has 0 aliphatic carbocycles. The number of fused-ring (bicyclic) bond motifs is 1. The Labute approximate surface area is 321 Å². The highest BCUT2D eigenvalue weighted by Gasteiger charge is 2.33. The van der Waals surface area contributed by atoms with Crippen LogP contribution in [0.2, 0.25) is 0 Å². The molecule has 1 aliphatic heterocycles. The number of ether oxygens (including phenoxy) is 2. The average Bonchev–Trinajstić information content (AvgIpc) is 3.77. The van der Waals surface area contributed by atoms with Crippen LogP contribution < -0.4 is 16.0 Å². The second-order valence-electron chi connectivity index (χ2n) is 13.0. The Morgan fingerprint density at radius 1 is 1.00 bits per heavy atom. The summed E-state index contributed by atoms with van der Waals surface area (Å²) < 4.78 is 10.9. The number of thioether (sulfide) groups is 1. The van der Waals surface area contributed by atoms with E-state index in [1.54, 1.807) is 66.4 Å². The van der Waals surface area contributed by atoms with Crippen molar-refractivity contribution in [3.8, 4) is 0 Å². The fraction of sp³-hybridized carbons (Fsp3) is 0.308. The maximum absolute atomic E-state index is 13.8. The van der Waals surface area contributed by atoms with Crippen LogP contribution in [0.15, 0.2) is 82.0 Å². The van der Waals surface area contributed by atoms with Gasteiger partial charge in [0.05, 0.1) is 24.0 Å². The van der Waals surface area contributed by atoms with Crippen LogP contribution in [0, 0.1) is 0 Å². The maximum Gasteiger partial charge on any atom is 0.410 e. The molecule has 1 aliphatic rings. The number of nitrogens with one attached hydrogen (secondary N) is 3. The van der Waals surface area contributed by atoms with E-state index in [0.29, 0.717) is 41.2 Å². The number of carbonyl (C=O) groups excluding carboxylic acids is 5. The van der Waals surface area contributed by atoms with Gasteiger partial charge in [-0.2, -0.15) is 11.3 Å². The smallest absolute Gasteiger partial charge is 0.410 e. The van der Waals surface area contributed by atoms with Gasteiger partial charge in [0, 0.05) is 27.6 Å². The third-order valence-electron chi connectivity index (χ3n) is 7.84. The van der Waals surface area contributed by atoms with Crippen LogP contribution in [0.3, 0.4) is 0 Å². The van der Waals surface area contributed by atoms with Crippen molar-refractivity contribution < 1.29 is 33.4 Å². The highest BCUT2D eigenvalue weighted by molar-refractivity contribution is 8.00. The lowest BCUT2D eigenvalue weighted by Crippen LogP contribution is -2.39. The molecule has 3 N–H and O–H groups in total. The summed E-state index contributed by atoms with van der Waals surface area (Å²) in [5.74, 6) is -1.75. The number of nitrogens with zero attached hydrogens (tertiary/aromatic N) is 1. The van der Waals surface area contributed by atoms with Gasteiger partial charge in [0.1, 0.15) is 16.3 Å². The van der Waals surface area contributed by atoms with E-state index in [2.05, 4.69) is 16.0 Å². The number of hydrogen-bond acceptors (Lipinski definition) is 10. The van der Waals surface area contributed by atoms with Gasteiger partial charge in [0.15, 0.2) is 0 Å². The van der Waals surface area contributed by atoms with Crippen molar-refractivity contribution in [2.24, 2.45) is 0 Å². The van der Waals surface area contributed by atoms with Gasteiger partial charge in [-0.25, -0.2) is 9.59 Å². The fourth-order valence-corrected chi connectivity index (χ4v) is 8.27. The van der Waals surface area contributed by atoms with E-state index < -0.39 is 34.7 Å². The summed E-state index contributed by atoms with van der Waals surface area (Å²) in [6.45, 7) is 9.83. The van der Waals surface area contributed by atoms with Gasteiger partial charge in [-0.1, -0.05) is 31.2 Å². The molecule has 0 fully saturated rings. The van der Waals surface area contributed by atoms with E-state index in [0.717, 1.165) is 20.9 Å². The van der Waals surface area contributed by atoms with Gasteiger partial charge in [-0.15, -0.1) is 23.1 Å². The third kappa shape index (κ3) is 10.6. The Balaban J connectivity index is 1.30. The molecule has 2 aromatic carbocycles. The first-order valence-corrected chi connectivity index (χ1v) is 19.8. The topological polar surface area (TPSA) is 143 Å². The second kappa shape index (κ2) is 17.7. The zero-order valence-electron chi connectivity index (χ0n) is 30.1. The molecular weight excluding hydrogens is 733 g/mol. The van der Waals surface area contributed by atoms with E-state index >= 15 is 0 Å². The number of benzene rings is 2. The van der Waals surface area contributed by atoms with Crippen molar-refractivity contribution in [3.63, 3.8) is 0 Å². The lowest BCUT2D eigenvalue weighted by atomic mass is 10.0. The molecule has 11 nitrogen and oxygen atoms in total. The zero-order valence-corrected chi connectivity index (χ0v) is 32.6. The highest BCUT2D eigenvalue weighted by Crippen LogP contribution is 2.39. The van der Waals surface area contributed by atoms with Crippen molar-refractivity contribution in [2.75, 3.05) is 23.8 Å². The van der Waals surface area contributed by atoms with E-state index in [1.165, 1.54) is 34.4 Å². The molecule has 1 atom stereocenters. The number of anilines is 2. The molecule has 53 heavy (non-hydrogen) atoms. The lowest BCUT2D eigenvalue weighted by Gasteiger charge is -2.30. The van der Waals surface area contributed by atoms with Crippen LogP contribution in [0.4, 0.5) is 15.5 Å². The first kappa shape index (κ1) is 39.3. The standard InChI is InChI=1S/C39H42N4O7S3/c1-6-30(35(46)42-36-32(37(47)49-7-2)28-16-18-43(22-31(28)53-36)38(48)50-39(3,4)5)52-27-15-11-14-26(21-27)40-34(45)29(20-24-17-19-51-23-24)41-33(44)25-12-9-8-10-13-25/h8-15,17,19-21,23,30H,6-7,16,18,22H2,1-5H3,(H,40,45)(H,41,44)(H,42,46)/b29-20-. The molecule has 0 spiro atoms. The average molecular weight is 775 g/mol. The molecule has 278 valence electrons. The first-order chi connectivity index (χ1) is 25.3. The van der Waals surface area contributed by atoms with Crippen LogP contribution in [-0.2, 0) is 32.0 Å². The van der Waals surface area contributed by atoms with Crippen LogP contribution >= 0.6 is 34.4 Å². The molecular formula is C39H42N4O7S3. The summed E-state index contributed by atoms with van der Waals surface area (Å²) in [6.07, 6.45) is 2.07. The Bertz CT molecular complexity index is 1980. The molecule has 2 aromatic heterocycles. The largest absolute Gasteiger partial charge is 0.462 e. The molecule has 14 heteroatoms. The molecule has 0 saturated heterocycles. The predicted octanol–water partition coefficient (Wildman–Crippen LogP) is 8.20. The summed E-state index contributed by atoms with van der Waals surface area (Å²) in [6, 6.07) is 17.6. The Kier molecular flexibility index (Phi) is 13.1. The van der Waals surface area contributed by atoms with Crippen molar-refractivity contribution in [1.29, 1.82) is 0 Å². The van der Waals surface area contributed by atoms with Gasteiger partial charge in [-0.05, 0) is 105 Å². The van der Waals surface area contributed by atoms with Crippen molar-refractivity contribution in [3.05, 3.63) is 104 Å². The summed E-state index contributed by atoms with van der Waals surface area (Å²) in [5, 5.41) is 12.2.